The van der Waals surface area contributed by atoms with Gasteiger partial charge in [0, 0.05) is 12.3 Å². The van der Waals surface area contributed by atoms with Gasteiger partial charge in [-0.3, -0.25) is 4.68 Å². The summed E-state index contributed by atoms with van der Waals surface area (Å²) < 4.78 is 14.9. The number of nitrogens with zero attached hydrogens (tertiary/aromatic N) is 4. The first kappa shape index (κ1) is 19.6. The Hall–Kier alpha value is -2.74. The fourth-order valence-electron chi connectivity index (χ4n) is 3.99. The zero-order valence-corrected chi connectivity index (χ0v) is 16.9. The third kappa shape index (κ3) is 4.03. The molecule has 0 unspecified atom stereocenters. The average Bonchev–Trinajstić information content (AvgIpc) is 3.14. The van der Waals surface area contributed by atoms with Crippen molar-refractivity contribution >= 4 is 29.4 Å². The van der Waals surface area contributed by atoms with Crippen molar-refractivity contribution in [2.24, 2.45) is 23.2 Å². The van der Waals surface area contributed by atoms with Crippen molar-refractivity contribution in [1.29, 1.82) is 0 Å². The highest BCUT2D eigenvalue weighted by Gasteiger charge is 2.44. The molecule has 2 atom stereocenters. The van der Waals surface area contributed by atoms with Crippen molar-refractivity contribution in [2.45, 2.75) is 36.1 Å². The van der Waals surface area contributed by atoms with E-state index in [-0.39, 0.29) is 11.1 Å². The van der Waals surface area contributed by atoms with E-state index in [1.807, 2.05) is 13.1 Å². The lowest BCUT2D eigenvalue weighted by molar-refractivity contribution is -0.115. The number of hydrogen-bond donors (Lipinski definition) is 1. The van der Waals surface area contributed by atoms with E-state index in [0.29, 0.717) is 18.5 Å². The van der Waals surface area contributed by atoms with Crippen molar-refractivity contribution in [1.82, 2.24) is 14.8 Å². The van der Waals surface area contributed by atoms with Crippen LogP contribution >= 0.6 is 11.8 Å². The predicted molar refractivity (Wildman–Crippen MR) is 111 cm³/mol. The summed E-state index contributed by atoms with van der Waals surface area (Å²) in [5.74, 6) is -0.302. The van der Waals surface area contributed by atoms with Gasteiger partial charge in [-0.05, 0) is 67.8 Å². The van der Waals surface area contributed by atoms with Gasteiger partial charge in [0.1, 0.15) is 18.4 Å². The van der Waals surface area contributed by atoms with E-state index in [4.69, 9.17) is 5.73 Å². The Morgan fingerprint density at radius 2 is 2.17 bits per heavy atom. The van der Waals surface area contributed by atoms with Gasteiger partial charge < -0.3 is 10.5 Å². The van der Waals surface area contributed by atoms with Gasteiger partial charge in [0.25, 0.3) is 0 Å². The number of aromatic nitrogens is 3. The lowest BCUT2D eigenvalue weighted by Crippen LogP contribution is -2.38. The van der Waals surface area contributed by atoms with Crippen LogP contribution in [-0.4, -0.2) is 32.0 Å². The number of aryl methyl sites for hydroxylation is 1. The van der Waals surface area contributed by atoms with E-state index in [0.717, 1.165) is 41.1 Å². The van der Waals surface area contributed by atoms with E-state index in [1.165, 1.54) is 18.3 Å². The van der Waals surface area contributed by atoms with Crippen molar-refractivity contribution in [2.75, 3.05) is 0 Å². The molecule has 29 heavy (non-hydrogen) atoms. The van der Waals surface area contributed by atoms with Crippen molar-refractivity contribution in [3.63, 3.8) is 0 Å². The third-order valence-electron chi connectivity index (χ3n) is 5.47. The van der Waals surface area contributed by atoms with Crippen molar-refractivity contribution in [3.05, 3.63) is 59.8 Å². The number of aldehydes is 1. The lowest BCUT2D eigenvalue weighted by atomic mass is 9.64. The van der Waals surface area contributed by atoms with Crippen LogP contribution in [0, 0.1) is 11.2 Å². The summed E-state index contributed by atoms with van der Waals surface area (Å²) in [5.41, 5.74) is 8.63. The monoisotopic (exact) mass is 411 g/mol. The summed E-state index contributed by atoms with van der Waals surface area (Å²) in [4.78, 5) is 21.2. The Morgan fingerprint density at radius 3 is 2.83 bits per heavy atom. The maximum atomic E-state index is 13.2. The number of nitrogens with two attached hydrogens (primary N) is 1. The van der Waals surface area contributed by atoms with Gasteiger partial charge in [-0.15, -0.1) is 5.10 Å². The van der Waals surface area contributed by atoms with Crippen LogP contribution in [0.5, 0.6) is 0 Å². The minimum absolute atomic E-state index is 0.259. The number of fused-ring (bicyclic) bond motifs is 1. The summed E-state index contributed by atoms with van der Waals surface area (Å²) in [6, 6.07) is 6.02. The van der Waals surface area contributed by atoms with Crippen LogP contribution in [-0.2, 0) is 11.8 Å². The fraction of sp³-hybridized carbons (Fsp3) is 0.333. The van der Waals surface area contributed by atoms with Gasteiger partial charge in [0.2, 0.25) is 5.16 Å². The number of thioether (sulfide) groups is 1. The minimum atomic E-state index is -0.572. The lowest BCUT2D eigenvalue weighted by Gasteiger charge is -2.42. The quantitative estimate of drug-likeness (QED) is 0.775. The molecule has 0 aliphatic heterocycles. The normalized spacial score (nSPS) is 27.0. The van der Waals surface area contributed by atoms with Crippen LogP contribution in [0.4, 0.5) is 10.1 Å². The van der Waals surface area contributed by atoms with Crippen LogP contribution in [0.25, 0.3) is 0 Å². The number of carbonyl (C=O) groups is 1. The van der Waals surface area contributed by atoms with Gasteiger partial charge >= 0.3 is 0 Å². The van der Waals surface area contributed by atoms with Crippen LogP contribution in [0.15, 0.2) is 64.2 Å². The molecule has 0 spiro atoms. The van der Waals surface area contributed by atoms with E-state index in [1.54, 1.807) is 34.9 Å². The molecule has 1 saturated carbocycles. The average molecular weight is 412 g/mol. The van der Waals surface area contributed by atoms with E-state index < -0.39 is 5.41 Å². The maximum Gasteiger partial charge on any atom is 0.208 e. The summed E-state index contributed by atoms with van der Waals surface area (Å²) >= 11 is 1.62. The molecule has 6 nitrogen and oxygen atoms in total. The maximum absolute atomic E-state index is 13.2. The molecule has 0 saturated heterocycles. The highest BCUT2D eigenvalue weighted by atomic mass is 32.2. The standard InChI is InChI=1S/C21H22FN5OS/c1-27-13-24-20(26-27)29-18-7-2-15-8-19(25-17-5-3-16(22)4-6-17)14(11-23)9-21(15,10-18)12-28/h3-6,8,11-13,18H,2,7,9-10,23H2,1H3/t18-,21+/m0/s1. The second kappa shape index (κ2) is 7.94. The second-order valence-corrected chi connectivity index (χ2v) is 8.74. The van der Waals surface area contributed by atoms with Crippen LogP contribution in [0.2, 0.25) is 0 Å². The molecule has 1 aromatic carbocycles. The molecular formula is C21H22FN5OS. The molecule has 1 aromatic heterocycles. The highest BCUT2D eigenvalue weighted by molar-refractivity contribution is 7.99. The first-order valence-electron chi connectivity index (χ1n) is 9.46. The zero-order chi connectivity index (χ0) is 20.4. The summed E-state index contributed by atoms with van der Waals surface area (Å²) in [6.45, 7) is 0. The molecule has 2 aromatic rings. The molecule has 0 bridgehead atoms. The zero-order valence-electron chi connectivity index (χ0n) is 16.1. The number of halogens is 1. The molecule has 2 aliphatic rings. The smallest absolute Gasteiger partial charge is 0.208 e. The van der Waals surface area contributed by atoms with Gasteiger partial charge in [-0.2, -0.15) is 0 Å². The Balaban J connectivity index is 1.62. The highest BCUT2D eigenvalue weighted by Crippen LogP contribution is 2.50. The van der Waals surface area contributed by atoms with Crippen molar-refractivity contribution < 1.29 is 9.18 Å². The number of aliphatic imine (C=N–C) groups is 1. The molecule has 0 amide bonds. The number of carbonyl (C=O) groups excluding carboxylic acids is 1. The fourth-order valence-corrected chi connectivity index (χ4v) is 5.18. The first-order valence-corrected chi connectivity index (χ1v) is 10.3. The van der Waals surface area contributed by atoms with E-state index >= 15 is 0 Å². The topological polar surface area (TPSA) is 86.2 Å². The molecular weight excluding hydrogens is 389 g/mol. The van der Waals surface area contributed by atoms with Crippen LogP contribution in [0.3, 0.4) is 0 Å². The van der Waals surface area contributed by atoms with Crippen molar-refractivity contribution in [3.8, 4) is 0 Å². The van der Waals surface area contributed by atoms with Gasteiger partial charge in [0.05, 0.1) is 16.8 Å². The number of rotatable bonds is 4. The van der Waals surface area contributed by atoms with E-state index in [9.17, 15) is 9.18 Å². The molecule has 2 N–H and O–H groups in total. The molecule has 0 radical (unpaired) electrons. The minimum Gasteiger partial charge on any atom is -0.404 e. The van der Waals surface area contributed by atoms with Gasteiger partial charge in [-0.1, -0.05) is 17.3 Å². The largest absolute Gasteiger partial charge is 0.404 e. The summed E-state index contributed by atoms with van der Waals surface area (Å²) in [5, 5.41) is 5.33. The predicted octanol–water partition coefficient (Wildman–Crippen LogP) is 3.73. The SMILES string of the molecule is Cn1cnc(S[C@H]2CCC3=CC(=Nc4ccc(F)cc4)C(=CN)C[C@]3(C=O)C2)n1. The Kier molecular flexibility index (Phi) is 5.36. The Bertz CT molecular complexity index is 1010. The number of benzene rings is 1. The van der Waals surface area contributed by atoms with Gasteiger partial charge in [-0.25, -0.2) is 14.4 Å². The molecule has 4 rings (SSSR count). The molecule has 2 aliphatic carbocycles. The Morgan fingerprint density at radius 1 is 1.38 bits per heavy atom. The molecule has 1 heterocycles. The number of allylic oxidation sites excluding steroid dienone is 3. The Labute approximate surface area is 172 Å². The summed E-state index contributed by atoms with van der Waals surface area (Å²) in [7, 11) is 1.84. The first-order chi connectivity index (χ1) is 14.0. The molecule has 1 fully saturated rings. The number of hydrogen-bond acceptors (Lipinski definition) is 6. The van der Waals surface area contributed by atoms with Gasteiger partial charge in [0.15, 0.2) is 0 Å². The van der Waals surface area contributed by atoms with Crippen LogP contribution in [0.1, 0.15) is 25.7 Å². The molecule has 8 heteroatoms. The molecule has 150 valence electrons. The third-order valence-corrected chi connectivity index (χ3v) is 6.60. The summed E-state index contributed by atoms with van der Waals surface area (Å²) in [6.07, 6.45) is 9.24. The second-order valence-electron chi connectivity index (χ2n) is 7.47. The van der Waals surface area contributed by atoms with E-state index in [2.05, 4.69) is 15.1 Å². The van der Waals surface area contributed by atoms with Crippen LogP contribution < -0.4 is 5.73 Å².